The van der Waals surface area contributed by atoms with Gasteiger partial charge in [0.15, 0.2) is 12.2 Å². The minimum atomic E-state index is -0.126. The van der Waals surface area contributed by atoms with Gasteiger partial charge in [-0.25, -0.2) is 4.98 Å². The smallest absolute Gasteiger partial charge is 0.181 e. The van der Waals surface area contributed by atoms with Crippen molar-refractivity contribution in [2.24, 2.45) is 34.5 Å². The van der Waals surface area contributed by atoms with Crippen molar-refractivity contribution in [1.29, 1.82) is 0 Å². The highest BCUT2D eigenvalue weighted by Gasteiger charge is 2.59. The summed E-state index contributed by atoms with van der Waals surface area (Å²) in [4.78, 5) is 4.18. The van der Waals surface area contributed by atoms with Crippen LogP contribution >= 0.6 is 0 Å². The molecule has 4 aliphatic rings. The van der Waals surface area contributed by atoms with Crippen LogP contribution in [0.2, 0.25) is 0 Å². The maximum absolute atomic E-state index is 10.3. The van der Waals surface area contributed by atoms with Crippen LogP contribution in [-0.4, -0.2) is 16.2 Å². The van der Waals surface area contributed by atoms with E-state index < -0.39 is 0 Å². The van der Waals surface area contributed by atoms with Gasteiger partial charge in [-0.2, -0.15) is 0 Å². The number of nitrogens with zero attached hydrogens (tertiary/aromatic N) is 1. The van der Waals surface area contributed by atoms with Crippen molar-refractivity contribution in [3.05, 3.63) is 36.1 Å². The molecule has 4 aliphatic carbocycles. The van der Waals surface area contributed by atoms with Crippen LogP contribution in [0.4, 0.5) is 0 Å². The fraction of sp³-hybridized carbons (Fsp3) is 0.708. The largest absolute Gasteiger partial charge is 0.444 e. The lowest BCUT2D eigenvalue weighted by atomic mass is 9.45. The highest BCUT2D eigenvalue weighted by atomic mass is 16.3. The summed E-state index contributed by atoms with van der Waals surface area (Å²) in [5.74, 6) is 3.83. The lowest BCUT2D eigenvalue weighted by Crippen LogP contribution is -2.52. The fourth-order valence-corrected chi connectivity index (χ4v) is 7.50. The molecule has 2 fully saturated rings. The van der Waals surface area contributed by atoms with Gasteiger partial charge >= 0.3 is 0 Å². The first-order valence-corrected chi connectivity index (χ1v) is 11.0. The van der Waals surface area contributed by atoms with Gasteiger partial charge in [-0.15, -0.1) is 0 Å². The first-order valence-electron chi connectivity index (χ1n) is 11.0. The first kappa shape index (κ1) is 17.7. The van der Waals surface area contributed by atoms with Crippen molar-refractivity contribution in [2.75, 3.05) is 0 Å². The first-order chi connectivity index (χ1) is 13.0. The van der Waals surface area contributed by atoms with E-state index in [1.54, 1.807) is 12.0 Å². The highest BCUT2D eigenvalue weighted by molar-refractivity contribution is 5.69. The number of aliphatic hydroxyl groups is 1. The van der Waals surface area contributed by atoms with Crippen LogP contribution in [0, 0.1) is 34.5 Å². The molecule has 0 radical (unpaired) electrons. The molecule has 146 valence electrons. The molecule has 3 nitrogen and oxygen atoms in total. The summed E-state index contributed by atoms with van der Waals surface area (Å²) in [5, 5.41) is 10.3. The van der Waals surface area contributed by atoms with Crippen molar-refractivity contribution in [1.82, 2.24) is 4.98 Å². The second kappa shape index (κ2) is 6.07. The molecule has 1 aromatic heterocycles. The molecule has 2 saturated carbocycles. The highest BCUT2D eigenvalue weighted by Crippen LogP contribution is 2.67. The molecule has 0 saturated heterocycles. The number of hydrogen-bond donors (Lipinski definition) is 1. The van der Waals surface area contributed by atoms with E-state index in [0.29, 0.717) is 17.3 Å². The summed E-state index contributed by atoms with van der Waals surface area (Å²) in [6.07, 6.45) is 16.3. The number of fused-ring (bicyclic) bond motifs is 5. The molecule has 0 amide bonds. The van der Waals surface area contributed by atoms with Crippen LogP contribution in [0.15, 0.2) is 34.7 Å². The van der Waals surface area contributed by atoms with Gasteiger partial charge in [-0.3, -0.25) is 0 Å². The second-order valence-corrected chi connectivity index (χ2v) is 10.0. The molecule has 3 heteroatoms. The summed E-state index contributed by atoms with van der Waals surface area (Å²) < 4.78 is 5.72. The van der Waals surface area contributed by atoms with Crippen LogP contribution < -0.4 is 0 Å². The van der Waals surface area contributed by atoms with Gasteiger partial charge in [0, 0.05) is 0 Å². The Morgan fingerprint density at radius 2 is 2.00 bits per heavy atom. The van der Waals surface area contributed by atoms with Gasteiger partial charge in [0.05, 0.1) is 12.3 Å². The van der Waals surface area contributed by atoms with Crippen molar-refractivity contribution in [2.45, 2.75) is 71.8 Å². The Kier molecular flexibility index (Phi) is 3.99. The van der Waals surface area contributed by atoms with E-state index in [4.69, 9.17) is 4.42 Å². The fourth-order valence-electron chi connectivity index (χ4n) is 7.50. The minimum Gasteiger partial charge on any atom is -0.444 e. The van der Waals surface area contributed by atoms with E-state index in [9.17, 15) is 5.11 Å². The number of oxazole rings is 1. The Hall–Kier alpha value is -1.35. The Balaban J connectivity index is 1.54. The number of hydrogen-bond acceptors (Lipinski definition) is 3. The van der Waals surface area contributed by atoms with Crippen LogP contribution in [-0.2, 0) is 0 Å². The molecule has 1 aromatic rings. The SMILES string of the molecule is CCC1C=C2CC(O)CC[C@]2(C)[C@@H]2CC[C@]3(C)C(c4cnco4)=CC[C@H]3[C@H]12. The summed E-state index contributed by atoms with van der Waals surface area (Å²) in [7, 11) is 0. The number of aliphatic hydroxyl groups excluding tert-OH is 1. The maximum Gasteiger partial charge on any atom is 0.181 e. The predicted octanol–water partition coefficient (Wildman–Crippen LogP) is 5.63. The third kappa shape index (κ3) is 2.40. The normalized spacial score (nSPS) is 46.1. The Bertz CT molecular complexity index is 778. The van der Waals surface area contributed by atoms with Gasteiger partial charge in [0.1, 0.15) is 0 Å². The molecule has 27 heavy (non-hydrogen) atoms. The van der Waals surface area contributed by atoms with Crippen molar-refractivity contribution >= 4 is 5.57 Å². The van der Waals surface area contributed by atoms with Crippen LogP contribution in [0.25, 0.3) is 5.57 Å². The molecular weight excluding hydrogens is 334 g/mol. The number of aromatic nitrogens is 1. The van der Waals surface area contributed by atoms with E-state index in [2.05, 4.69) is 37.9 Å². The molecule has 1 heterocycles. The van der Waals surface area contributed by atoms with Crippen molar-refractivity contribution < 1.29 is 9.52 Å². The Morgan fingerprint density at radius 3 is 2.74 bits per heavy atom. The zero-order valence-electron chi connectivity index (χ0n) is 16.9. The van der Waals surface area contributed by atoms with Crippen LogP contribution in [0.1, 0.15) is 71.5 Å². The standard InChI is InChI=1S/C24H33NO2/c1-4-15-11-16-12-17(26)7-9-23(16,2)20-8-10-24(3)18(21-13-25-14-27-21)5-6-19(24)22(15)20/h5,11,13-15,17,19-20,22,26H,4,6-10,12H2,1-3H3/t15?,17?,19-,20+,22-,23-,24+/m0/s1. The molecular formula is C24H33NO2. The molecule has 7 atom stereocenters. The molecule has 0 spiro atoms. The third-order valence-electron chi connectivity index (χ3n) is 9.00. The predicted molar refractivity (Wildman–Crippen MR) is 107 cm³/mol. The lowest BCUT2D eigenvalue weighted by Gasteiger charge is -2.59. The van der Waals surface area contributed by atoms with E-state index in [1.807, 2.05) is 6.20 Å². The van der Waals surface area contributed by atoms with Crippen LogP contribution in [0.5, 0.6) is 0 Å². The molecule has 5 rings (SSSR count). The summed E-state index contributed by atoms with van der Waals surface area (Å²) >= 11 is 0. The van der Waals surface area contributed by atoms with Gasteiger partial charge in [0.25, 0.3) is 0 Å². The summed E-state index contributed by atoms with van der Waals surface area (Å²) in [6.45, 7) is 7.34. The van der Waals surface area contributed by atoms with Gasteiger partial charge in [0.2, 0.25) is 0 Å². The summed E-state index contributed by atoms with van der Waals surface area (Å²) in [6, 6.07) is 0. The maximum atomic E-state index is 10.3. The van der Waals surface area contributed by atoms with Crippen LogP contribution in [0.3, 0.4) is 0 Å². The van der Waals surface area contributed by atoms with E-state index in [-0.39, 0.29) is 11.5 Å². The van der Waals surface area contributed by atoms with Gasteiger partial charge in [-0.05, 0) is 85.0 Å². The third-order valence-corrected chi connectivity index (χ3v) is 9.00. The van der Waals surface area contributed by atoms with E-state index in [1.165, 1.54) is 31.3 Å². The monoisotopic (exact) mass is 367 g/mol. The van der Waals surface area contributed by atoms with Gasteiger partial charge in [-0.1, -0.05) is 38.5 Å². The van der Waals surface area contributed by atoms with E-state index >= 15 is 0 Å². The topological polar surface area (TPSA) is 46.3 Å². The lowest BCUT2D eigenvalue weighted by molar-refractivity contribution is -0.0467. The Labute approximate surface area is 163 Å². The van der Waals surface area contributed by atoms with E-state index in [0.717, 1.165) is 36.9 Å². The average Bonchev–Trinajstić information content (AvgIpc) is 3.28. The van der Waals surface area contributed by atoms with Crippen molar-refractivity contribution in [3.63, 3.8) is 0 Å². The minimum absolute atomic E-state index is 0.126. The summed E-state index contributed by atoms with van der Waals surface area (Å²) in [5.41, 5.74) is 3.48. The zero-order valence-corrected chi connectivity index (χ0v) is 16.9. The molecule has 0 bridgehead atoms. The van der Waals surface area contributed by atoms with Crippen molar-refractivity contribution in [3.8, 4) is 0 Å². The number of allylic oxidation sites excluding steroid dienone is 3. The molecule has 2 unspecified atom stereocenters. The Morgan fingerprint density at radius 1 is 1.19 bits per heavy atom. The quantitative estimate of drug-likeness (QED) is 0.689. The zero-order chi connectivity index (χ0) is 18.8. The molecule has 1 N–H and O–H groups in total. The average molecular weight is 368 g/mol. The number of rotatable bonds is 2. The molecule has 0 aromatic carbocycles. The molecule has 0 aliphatic heterocycles. The second-order valence-electron chi connectivity index (χ2n) is 10.0. The van der Waals surface area contributed by atoms with Gasteiger partial charge < -0.3 is 9.52 Å².